The molecular formula is C21H28N3O8P. The molecule has 11 nitrogen and oxygen atoms in total. The molecule has 1 fully saturated rings. The van der Waals surface area contributed by atoms with Gasteiger partial charge in [-0.25, -0.2) is 5.09 Å². The van der Waals surface area contributed by atoms with E-state index >= 15 is 0 Å². The van der Waals surface area contributed by atoms with Crippen molar-refractivity contribution >= 4 is 20.4 Å². The van der Waals surface area contributed by atoms with E-state index in [2.05, 4.69) is 5.09 Å². The molecule has 0 aliphatic carbocycles. The molecule has 2 aliphatic heterocycles. The van der Waals surface area contributed by atoms with E-state index in [0.29, 0.717) is 17.7 Å². The molecular weight excluding hydrogens is 453 g/mol. The number of benzene rings is 1. The number of methoxy groups -OCH3 is 1. The zero-order chi connectivity index (χ0) is 24.0. The Kier molecular flexibility index (Phi) is 8.79. The number of nitrogens with two attached hydrogens (primary N) is 1. The number of nitrogens with zero attached hydrogens (tertiary/aromatic N) is 1. The molecule has 0 aromatic heterocycles. The number of carbonyl (C=O) groups is 2. The molecule has 1 amide bonds. The van der Waals surface area contributed by atoms with Crippen molar-refractivity contribution in [2.24, 2.45) is 5.73 Å². The number of primary amides is 1. The van der Waals surface area contributed by atoms with Gasteiger partial charge in [-0.2, -0.15) is 0 Å². The Morgan fingerprint density at radius 1 is 1.30 bits per heavy atom. The number of nitrogens with one attached hydrogen (secondary N) is 1. The van der Waals surface area contributed by atoms with Crippen LogP contribution in [0, 0.1) is 0 Å². The van der Waals surface area contributed by atoms with Gasteiger partial charge in [-0.3, -0.25) is 9.59 Å². The monoisotopic (exact) mass is 481 g/mol. The van der Waals surface area contributed by atoms with Crippen LogP contribution < -0.4 is 15.3 Å². The van der Waals surface area contributed by atoms with Gasteiger partial charge in [0.1, 0.15) is 30.1 Å². The maximum absolute atomic E-state index is 11.8. The Balaban J connectivity index is 1.65. The van der Waals surface area contributed by atoms with Crippen molar-refractivity contribution < 1.29 is 38.3 Å². The zero-order valence-electron chi connectivity index (χ0n) is 18.2. The second-order valence-corrected chi connectivity index (χ2v) is 8.65. The standard InChI is InChI=1S/C21H28N3O8P/c1-13(21(28)29-2)23-33(32-15-8-4-3-5-9-15)30-12-16-17(25)18(26)20(31-16)24-10-6-7-14(11-24)19(22)27/h3-6,8-11,13,16-18,20,23,25-26H,7,12H2,1-2H3,(H2,22,27). The van der Waals surface area contributed by atoms with Gasteiger partial charge in [-0.1, -0.05) is 24.3 Å². The number of hydrogen-bond acceptors (Lipinski definition) is 10. The third kappa shape index (κ3) is 6.50. The van der Waals surface area contributed by atoms with Gasteiger partial charge in [-0.15, -0.1) is 0 Å². The van der Waals surface area contributed by atoms with E-state index in [4.69, 9.17) is 24.3 Å². The lowest BCUT2D eigenvalue weighted by Crippen LogP contribution is -2.40. The lowest BCUT2D eigenvalue weighted by Gasteiger charge is -2.28. The van der Waals surface area contributed by atoms with Gasteiger partial charge < -0.3 is 39.4 Å². The topological polar surface area (TPSA) is 153 Å². The molecule has 2 aliphatic rings. The number of hydrogen-bond donors (Lipinski definition) is 4. The molecule has 180 valence electrons. The molecule has 0 radical (unpaired) electrons. The number of esters is 1. The van der Waals surface area contributed by atoms with Crippen LogP contribution in [0.15, 0.2) is 54.4 Å². The number of aliphatic hydroxyl groups excluding tert-OH is 2. The van der Waals surface area contributed by atoms with Gasteiger partial charge in [-0.05, 0) is 25.5 Å². The number of aliphatic hydroxyl groups is 2. The minimum absolute atomic E-state index is 0.141. The van der Waals surface area contributed by atoms with Gasteiger partial charge in [0.25, 0.3) is 0 Å². The highest BCUT2D eigenvalue weighted by Gasteiger charge is 2.45. The Hall–Kier alpha value is -2.53. The van der Waals surface area contributed by atoms with Crippen molar-refractivity contribution in [2.75, 3.05) is 13.7 Å². The van der Waals surface area contributed by atoms with E-state index in [1.165, 1.54) is 18.2 Å². The predicted octanol–water partition coefficient (Wildman–Crippen LogP) is 0.495. The summed E-state index contributed by atoms with van der Waals surface area (Å²) in [5.41, 5.74) is 5.69. The summed E-state index contributed by atoms with van der Waals surface area (Å²) in [6, 6.07) is 8.16. The van der Waals surface area contributed by atoms with Gasteiger partial charge in [0, 0.05) is 18.0 Å². The maximum atomic E-state index is 11.8. The van der Waals surface area contributed by atoms with E-state index in [1.54, 1.807) is 43.5 Å². The summed E-state index contributed by atoms with van der Waals surface area (Å²) < 4.78 is 22.2. The van der Waals surface area contributed by atoms with Gasteiger partial charge >= 0.3 is 14.5 Å². The van der Waals surface area contributed by atoms with Crippen molar-refractivity contribution in [3.05, 3.63) is 54.4 Å². The summed E-state index contributed by atoms with van der Waals surface area (Å²) >= 11 is 0. The zero-order valence-corrected chi connectivity index (χ0v) is 19.1. The first-order valence-electron chi connectivity index (χ1n) is 10.3. The van der Waals surface area contributed by atoms with E-state index in [0.717, 1.165) is 0 Å². The summed E-state index contributed by atoms with van der Waals surface area (Å²) in [6.07, 6.45) is 0.829. The SMILES string of the molecule is COC(=O)C(C)NP(OCC1OC(N2C=CCC(C(N)=O)=C2)C(O)C1O)Oc1ccccc1. The highest BCUT2D eigenvalue weighted by Crippen LogP contribution is 2.38. The van der Waals surface area contributed by atoms with Gasteiger partial charge in [0.05, 0.1) is 13.7 Å². The maximum Gasteiger partial charge on any atom is 0.323 e. The fourth-order valence-electron chi connectivity index (χ4n) is 3.21. The van der Waals surface area contributed by atoms with Crippen molar-refractivity contribution in [2.45, 2.75) is 43.9 Å². The van der Waals surface area contributed by atoms with Crippen LogP contribution in [-0.4, -0.2) is 71.3 Å². The van der Waals surface area contributed by atoms with Crippen LogP contribution in [0.4, 0.5) is 0 Å². The summed E-state index contributed by atoms with van der Waals surface area (Å²) in [5.74, 6) is -0.558. The van der Waals surface area contributed by atoms with Crippen LogP contribution in [0.2, 0.25) is 0 Å². The molecule has 5 N–H and O–H groups in total. The first kappa shape index (κ1) is 25.1. The molecule has 33 heavy (non-hydrogen) atoms. The Morgan fingerprint density at radius 2 is 2.03 bits per heavy atom. The number of allylic oxidation sites excluding steroid dienone is 1. The van der Waals surface area contributed by atoms with Crippen LogP contribution in [0.1, 0.15) is 13.3 Å². The molecule has 1 aromatic carbocycles. The average Bonchev–Trinajstić information content (AvgIpc) is 3.11. The van der Waals surface area contributed by atoms with Crippen LogP contribution in [0.5, 0.6) is 5.75 Å². The lowest BCUT2D eigenvalue weighted by molar-refractivity contribution is -0.142. The number of carbonyl (C=O) groups excluding carboxylic acids is 2. The van der Waals surface area contributed by atoms with Gasteiger partial charge in [0.15, 0.2) is 6.23 Å². The molecule has 12 heteroatoms. The van der Waals surface area contributed by atoms with E-state index < -0.39 is 51.0 Å². The second-order valence-electron chi connectivity index (χ2n) is 7.43. The third-order valence-corrected chi connectivity index (χ3v) is 6.37. The van der Waals surface area contributed by atoms with Crippen LogP contribution >= 0.6 is 8.53 Å². The number of rotatable bonds is 10. The number of ether oxygens (including phenoxy) is 2. The summed E-state index contributed by atoms with van der Waals surface area (Å²) in [6.45, 7) is 1.46. The second kappa shape index (κ2) is 11.6. The van der Waals surface area contributed by atoms with E-state index in [9.17, 15) is 19.8 Å². The lowest BCUT2D eigenvalue weighted by atomic mass is 10.1. The smallest absolute Gasteiger partial charge is 0.323 e. The first-order valence-corrected chi connectivity index (χ1v) is 11.4. The van der Waals surface area contributed by atoms with Crippen molar-refractivity contribution in [1.82, 2.24) is 9.99 Å². The van der Waals surface area contributed by atoms with Crippen molar-refractivity contribution in [1.29, 1.82) is 0 Å². The minimum atomic E-state index is -1.83. The van der Waals surface area contributed by atoms with Crippen molar-refractivity contribution in [3.8, 4) is 5.75 Å². The molecule has 1 aromatic rings. The third-order valence-electron chi connectivity index (χ3n) is 5.01. The molecule has 6 unspecified atom stereocenters. The highest BCUT2D eigenvalue weighted by atomic mass is 31.2. The number of para-hydroxylation sites is 1. The van der Waals surface area contributed by atoms with E-state index in [1.807, 2.05) is 6.07 Å². The van der Waals surface area contributed by atoms with Crippen LogP contribution in [0.25, 0.3) is 0 Å². The highest BCUT2D eigenvalue weighted by molar-refractivity contribution is 7.45. The molecule has 0 saturated carbocycles. The molecule has 1 saturated heterocycles. The normalized spacial score (nSPS) is 26.4. The van der Waals surface area contributed by atoms with Crippen LogP contribution in [0.3, 0.4) is 0 Å². The summed E-state index contributed by atoms with van der Waals surface area (Å²) in [5, 5.41) is 23.9. The molecule has 2 heterocycles. The fourth-order valence-corrected chi connectivity index (χ4v) is 4.41. The largest absolute Gasteiger partial charge is 0.468 e. The first-order chi connectivity index (χ1) is 15.8. The molecule has 3 rings (SSSR count). The van der Waals surface area contributed by atoms with Crippen LogP contribution in [-0.2, 0) is 23.6 Å². The Labute approximate surface area is 192 Å². The Morgan fingerprint density at radius 3 is 2.70 bits per heavy atom. The summed E-state index contributed by atoms with van der Waals surface area (Å²) in [7, 11) is -0.556. The minimum Gasteiger partial charge on any atom is -0.468 e. The van der Waals surface area contributed by atoms with E-state index in [-0.39, 0.29) is 6.61 Å². The molecule has 6 atom stereocenters. The predicted molar refractivity (Wildman–Crippen MR) is 118 cm³/mol. The quantitative estimate of drug-likeness (QED) is 0.274. The average molecular weight is 481 g/mol. The van der Waals surface area contributed by atoms with Crippen molar-refractivity contribution in [3.63, 3.8) is 0 Å². The fraction of sp³-hybridized carbons (Fsp3) is 0.429. The van der Waals surface area contributed by atoms with Gasteiger partial charge in [0.2, 0.25) is 5.91 Å². The number of amides is 1. The molecule has 0 spiro atoms. The summed E-state index contributed by atoms with van der Waals surface area (Å²) in [4.78, 5) is 24.8. The Bertz CT molecular complexity index is 884. The molecule has 0 bridgehead atoms.